The summed E-state index contributed by atoms with van der Waals surface area (Å²) in [4.78, 5) is 13.6. The quantitative estimate of drug-likeness (QED) is 0.487. The molecule has 8 nitrogen and oxygen atoms in total. The highest BCUT2D eigenvalue weighted by Gasteiger charge is 2.54. The minimum Gasteiger partial charge on any atom is -0.462 e. The number of nitrogens with zero attached hydrogens (tertiary/aromatic N) is 6. The first-order chi connectivity index (χ1) is 17.0. The minimum atomic E-state index is -4.56. The predicted octanol–water partition coefficient (Wildman–Crippen LogP) is 4.44. The predicted molar refractivity (Wildman–Crippen MR) is 117 cm³/mol. The molecule has 36 heavy (non-hydrogen) atoms. The molecule has 1 N–H and O–H groups in total. The van der Waals surface area contributed by atoms with Crippen LogP contribution in [0.15, 0.2) is 30.7 Å². The molecule has 0 spiro atoms. The molecule has 4 heterocycles. The molecule has 2 aliphatic rings. The van der Waals surface area contributed by atoms with Crippen molar-refractivity contribution in [3.63, 3.8) is 0 Å². The summed E-state index contributed by atoms with van der Waals surface area (Å²) in [6, 6.07) is 2.59. The fourth-order valence-corrected chi connectivity index (χ4v) is 5.20. The molecular formula is C22H23F6N7O. The van der Waals surface area contributed by atoms with Gasteiger partial charge in [-0.2, -0.15) is 31.3 Å². The number of rotatable bonds is 6. The molecule has 3 unspecified atom stereocenters. The number of aromatic nitrogens is 5. The summed E-state index contributed by atoms with van der Waals surface area (Å²) < 4.78 is 84.4. The zero-order valence-corrected chi connectivity index (χ0v) is 19.3. The number of halogens is 6. The summed E-state index contributed by atoms with van der Waals surface area (Å²) in [7, 11) is 0. The molecule has 1 aliphatic carbocycles. The number of fused-ring (bicyclic) bond motifs is 2. The molecule has 1 saturated carbocycles. The maximum absolute atomic E-state index is 13.1. The Labute approximate surface area is 201 Å². The average Bonchev–Trinajstić information content (AvgIpc) is 3.39. The number of hydrogen-bond donors (Lipinski definition) is 1. The van der Waals surface area contributed by atoms with Crippen LogP contribution in [0.3, 0.4) is 0 Å². The topological polar surface area (TPSA) is 80.5 Å². The van der Waals surface area contributed by atoms with Gasteiger partial charge >= 0.3 is 12.4 Å². The Morgan fingerprint density at radius 1 is 1.11 bits per heavy atom. The van der Waals surface area contributed by atoms with Crippen LogP contribution in [-0.4, -0.2) is 56.0 Å². The monoisotopic (exact) mass is 515 g/mol. The third-order valence-electron chi connectivity index (χ3n) is 7.02. The fraction of sp³-hybridized carbons (Fsp3) is 0.545. The molecule has 3 aromatic rings. The second-order valence-corrected chi connectivity index (χ2v) is 9.11. The first kappa shape index (κ1) is 24.4. The normalized spacial score (nSPS) is 24.9. The van der Waals surface area contributed by atoms with Crippen LogP contribution < -0.4 is 15.0 Å². The summed E-state index contributed by atoms with van der Waals surface area (Å²) in [6.45, 7) is 4.09. The number of ether oxygens (including phenoxy) is 1. The lowest BCUT2D eigenvalue weighted by Crippen LogP contribution is -2.54. The summed E-state index contributed by atoms with van der Waals surface area (Å²) >= 11 is 0. The van der Waals surface area contributed by atoms with E-state index in [9.17, 15) is 26.3 Å². The number of hydrogen-bond acceptors (Lipinski definition) is 7. The molecule has 5 atom stereocenters. The molecule has 0 radical (unpaired) electrons. The number of nitrogens with one attached hydrogen (secondary N) is 1. The van der Waals surface area contributed by atoms with Crippen molar-refractivity contribution in [1.82, 2.24) is 24.6 Å². The van der Waals surface area contributed by atoms with Gasteiger partial charge in [-0.15, -0.1) is 5.10 Å². The van der Waals surface area contributed by atoms with Gasteiger partial charge in [0, 0.05) is 49.3 Å². The molecule has 5 rings (SSSR count). The van der Waals surface area contributed by atoms with Crippen molar-refractivity contribution in [2.75, 3.05) is 23.3 Å². The van der Waals surface area contributed by atoms with E-state index in [1.54, 1.807) is 6.07 Å². The van der Waals surface area contributed by atoms with E-state index < -0.39 is 24.2 Å². The van der Waals surface area contributed by atoms with Gasteiger partial charge in [0.1, 0.15) is 5.69 Å². The Morgan fingerprint density at radius 3 is 2.56 bits per heavy atom. The third-order valence-corrected chi connectivity index (χ3v) is 7.02. The zero-order chi connectivity index (χ0) is 25.8. The summed E-state index contributed by atoms with van der Waals surface area (Å²) in [5.41, 5.74) is -0.413. The van der Waals surface area contributed by atoms with E-state index in [1.165, 1.54) is 23.1 Å². The molecule has 2 fully saturated rings. The average molecular weight is 515 g/mol. The van der Waals surface area contributed by atoms with Gasteiger partial charge in [-0.25, -0.2) is 9.50 Å². The molecule has 0 amide bonds. The van der Waals surface area contributed by atoms with E-state index in [-0.39, 0.29) is 41.3 Å². The van der Waals surface area contributed by atoms with E-state index in [2.05, 4.69) is 25.4 Å². The van der Waals surface area contributed by atoms with Gasteiger partial charge in [-0.05, 0) is 30.9 Å². The van der Waals surface area contributed by atoms with Crippen LogP contribution in [0.4, 0.5) is 38.0 Å². The fourth-order valence-electron chi connectivity index (χ4n) is 5.20. The van der Waals surface area contributed by atoms with Crippen LogP contribution in [0.2, 0.25) is 0 Å². The molecular weight excluding hydrogens is 492 g/mol. The Hall–Kier alpha value is -3.32. The van der Waals surface area contributed by atoms with E-state index in [4.69, 9.17) is 4.74 Å². The molecule has 1 saturated heterocycles. The Bertz CT molecular complexity index is 1250. The number of pyridine rings is 1. The van der Waals surface area contributed by atoms with Gasteiger partial charge in [0.2, 0.25) is 11.6 Å². The van der Waals surface area contributed by atoms with Crippen molar-refractivity contribution >= 4 is 17.3 Å². The minimum absolute atomic E-state index is 0.0437. The second-order valence-electron chi connectivity index (χ2n) is 9.11. The first-order valence-electron chi connectivity index (χ1n) is 11.4. The van der Waals surface area contributed by atoms with Crippen molar-refractivity contribution in [3.05, 3.63) is 36.4 Å². The van der Waals surface area contributed by atoms with Gasteiger partial charge in [0.25, 0.3) is 5.88 Å². The molecule has 14 heteroatoms. The third kappa shape index (κ3) is 4.37. The van der Waals surface area contributed by atoms with Crippen LogP contribution >= 0.6 is 0 Å². The lowest BCUT2D eigenvalue weighted by Gasteiger charge is -2.47. The highest BCUT2D eigenvalue weighted by Crippen LogP contribution is 2.49. The molecule has 3 aromatic heterocycles. The molecule has 0 aromatic carbocycles. The lowest BCUT2D eigenvalue weighted by atomic mass is 9.61. The van der Waals surface area contributed by atoms with Crippen molar-refractivity contribution in [3.8, 4) is 5.88 Å². The molecule has 194 valence electrons. The van der Waals surface area contributed by atoms with Gasteiger partial charge < -0.3 is 15.0 Å². The van der Waals surface area contributed by atoms with E-state index >= 15 is 0 Å². The van der Waals surface area contributed by atoms with Gasteiger partial charge in [-0.3, -0.25) is 4.98 Å². The maximum Gasteiger partial charge on any atom is 0.433 e. The standard InChI is InChI=1S/C22H23F6N7O/c1-3-13-14-9-34(12-4-5-29-16(8-12)22(26,27)28)10-15(14)17(13)31-20-32-18-19(30-6-7-35(18)33-20)36-11(2)21(23,24)25/h4-8,11,13-15,17H,3,9-10H2,1-2H3,(H,31,33)/t11?,13?,14?,15-,17-/m1/s1. The second kappa shape index (κ2) is 8.66. The van der Waals surface area contributed by atoms with Gasteiger partial charge in [-0.1, -0.05) is 13.3 Å². The van der Waals surface area contributed by atoms with Crippen molar-refractivity contribution in [2.45, 2.75) is 44.8 Å². The lowest BCUT2D eigenvalue weighted by molar-refractivity contribution is -0.189. The van der Waals surface area contributed by atoms with E-state index in [0.717, 1.165) is 19.4 Å². The molecule has 0 bridgehead atoms. The van der Waals surface area contributed by atoms with Crippen molar-refractivity contribution in [1.29, 1.82) is 0 Å². The van der Waals surface area contributed by atoms with E-state index in [0.29, 0.717) is 18.8 Å². The highest BCUT2D eigenvalue weighted by atomic mass is 19.4. The van der Waals surface area contributed by atoms with E-state index in [1.807, 2.05) is 11.8 Å². The highest BCUT2D eigenvalue weighted by molar-refractivity contribution is 5.53. The zero-order valence-electron chi connectivity index (χ0n) is 19.3. The Morgan fingerprint density at radius 2 is 1.86 bits per heavy atom. The van der Waals surface area contributed by atoms with Gasteiger partial charge in [0.05, 0.1) is 0 Å². The molecule has 1 aliphatic heterocycles. The first-order valence-corrected chi connectivity index (χ1v) is 11.4. The van der Waals surface area contributed by atoms with Crippen LogP contribution in [0, 0.1) is 17.8 Å². The van der Waals surface area contributed by atoms with Crippen LogP contribution in [-0.2, 0) is 6.18 Å². The largest absolute Gasteiger partial charge is 0.462 e. The Balaban J connectivity index is 1.33. The van der Waals surface area contributed by atoms with Crippen molar-refractivity contribution < 1.29 is 31.1 Å². The SMILES string of the molecule is CCC1C2CN(c3ccnc(C(F)(F)F)c3)C[C@H]2[C@@H]1Nc1nc2c(OC(C)C(F)(F)F)nccn2n1. The van der Waals surface area contributed by atoms with Crippen molar-refractivity contribution in [2.24, 2.45) is 17.8 Å². The summed E-state index contributed by atoms with van der Waals surface area (Å²) in [6.07, 6.45) is -6.42. The number of anilines is 2. The smallest absolute Gasteiger partial charge is 0.433 e. The summed E-state index contributed by atoms with van der Waals surface area (Å²) in [5.74, 6) is 0.584. The summed E-state index contributed by atoms with van der Waals surface area (Å²) in [5, 5.41) is 7.60. The van der Waals surface area contributed by atoms with Crippen LogP contribution in [0.5, 0.6) is 5.88 Å². The maximum atomic E-state index is 13.1. The van der Waals surface area contributed by atoms with Crippen LogP contribution in [0.25, 0.3) is 5.65 Å². The van der Waals surface area contributed by atoms with Crippen LogP contribution in [0.1, 0.15) is 26.0 Å². The number of alkyl halides is 6. The Kier molecular flexibility index (Phi) is 5.86. The van der Waals surface area contributed by atoms with Gasteiger partial charge in [0.15, 0.2) is 6.10 Å².